The summed E-state index contributed by atoms with van der Waals surface area (Å²) >= 11 is 0. The Morgan fingerprint density at radius 1 is 0.941 bits per heavy atom. The van der Waals surface area contributed by atoms with E-state index in [0.717, 1.165) is 15.9 Å². The van der Waals surface area contributed by atoms with Crippen molar-refractivity contribution in [3.05, 3.63) is 48.0 Å². The lowest BCUT2D eigenvalue weighted by atomic mass is 10.1. The molecule has 0 unspecified atom stereocenters. The third-order valence-corrected chi connectivity index (χ3v) is 7.16. The zero-order valence-electron chi connectivity index (χ0n) is 9.72. The Kier molecular flexibility index (Phi) is 2.04. The molecular weight excluding hydrogens is 234 g/mol. The molecule has 2 aromatic carbocycles. The summed E-state index contributed by atoms with van der Waals surface area (Å²) in [6.07, 6.45) is 0. The Bertz CT molecular complexity index is 618. The topological polar surface area (TPSA) is 0 Å². The highest BCUT2D eigenvalue weighted by molar-refractivity contribution is 7.03. The highest BCUT2D eigenvalue weighted by Crippen LogP contribution is 2.30. The highest BCUT2D eigenvalue weighted by atomic mass is 28.3. The van der Waals surface area contributed by atoms with E-state index in [4.69, 9.17) is 0 Å². The van der Waals surface area contributed by atoms with Gasteiger partial charge < -0.3 is 0 Å². The predicted molar refractivity (Wildman–Crippen MR) is 68.5 cm³/mol. The standard InChI is InChI=1S/C14H12F2Si/c1-17(2)12-7-6-9(15)8-10(12)14-11(16)4-3-5-13(14)17/h3-8H,1-2H3. The summed E-state index contributed by atoms with van der Waals surface area (Å²) in [5.74, 6) is -0.544. The molecule has 86 valence electrons. The maximum absolute atomic E-state index is 13.9. The average molecular weight is 246 g/mol. The van der Waals surface area contributed by atoms with Crippen LogP contribution in [0.1, 0.15) is 0 Å². The molecule has 0 nitrogen and oxygen atoms in total. The number of hydrogen-bond acceptors (Lipinski definition) is 0. The fraction of sp³-hybridized carbons (Fsp3) is 0.143. The molecule has 2 aromatic rings. The fourth-order valence-electron chi connectivity index (χ4n) is 2.73. The first kappa shape index (κ1) is 10.7. The van der Waals surface area contributed by atoms with Crippen molar-refractivity contribution in [2.45, 2.75) is 13.1 Å². The number of hydrogen-bond donors (Lipinski definition) is 0. The van der Waals surface area contributed by atoms with Crippen LogP contribution in [0.15, 0.2) is 36.4 Å². The van der Waals surface area contributed by atoms with Gasteiger partial charge in [-0.2, -0.15) is 0 Å². The quantitative estimate of drug-likeness (QED) is 0.627. The molecule has 3 rings (SSSR count). The van der Waals surface area contributed by atoms with E-state index >= 15 is 0 Å². The number of halogens is 2. The van der Waals surface area contributed by atoms with Crippen LogP contribution in [0.2, 0.25) is 13.1 Å². The second-order valence-electron chi connectivity index (χ2n) is 4.98. The van der Waals surface area contributed by atoms with Gasteiger partial charge >= 0.3 is 0 Å². The van der Waals surface area contributed by atoms with Crippen molar-refractivity contribution in [1.82, 2.24) is 0 Å². The lowest BCUT2D eigenvalue weighted by Crippen LogP contribution is -2.49. The van der Waals surface area contributed by atoms with Crippen LogP contribution in [0.25, 0.3) is 11.1 Å². The van der Waals surface area contributed by atoms with E-state index in [0.29, 0.717) is 5.56 Å². The van der Waals surface area contributed by atoms with Gasteiger partial charge in [-0.15, -0.1) is 0 Å². The van der Waals surface area contributed by atoms with Gasteiger partial charge in [-0.05, 0) is 34.1 Å². The summed E-state index contributed by atoms with van der Waals surface area (Å²) in [6.45, 7) is 4.35. The maximum atomic E-state index is 13.9. The molecular formula is C14H12F2Si. The average Bonchev–Trinajstić information content (AvgIpc) is 2.49. The van der Waals surface area contributed by atoms with E-state index < -0.39 is 8.07 Å². The van der Waals surface area contributed by atoms with Gasteiger partial charge in [0.15, 0.2) is 0 Å². The third-order valence-electron chi connectivity index (χ3n) is 3.61. The predicted octanol–water partition coefficient (Wildman–Crippen LogP) is 2.77. The first-order valence-electron chi connectivity index (χ1n) is 5.61. The Morgan fingerprint density at radius 2 is 1.71 bits per heavy atom. The smallest absolute Gasteiger partial charge is 0.130 e. The van der Waals surface area contributed by atoms with Gasteiger partial charge in [0.25, 0.3) is 0 Å². The summed E-state index contributed by atoms with van der Waals surface area (Å²) < 4.78 is 27.3. The van der Waals surface area contributed by atoms with Gasteiger partial charge in [-0.25, -0.2) is 8.78 Å². The van der Waals surface area contributed by atoms with E-state index in [1.807, 2.05) is 12.1 Å². The molecule has 0 aliphatic carbocycles. The molecule has 3 heteroatoms. The second-order valence-corrected chi connectivity index (χ2v) is 9.30. The molecule has 1 aliphatic rings. The first-order valence-corrected chi connectivity index (χ1v) is 8.61. The summed E-state index contributed by atoms with van der Waals surface area (Å²) in [4.78, 5) is 0. The van der Waals surface area contributed by atoms with Gasteiger partial charge in [-0.1, -0.05) is 31.3 Å². The molecule has 0 fully saturated rings. The third kappa shape index (κ3) is 1.32. The van der Waals surface area contributed by atoms with Gasteiger partial charge in [0.1, 0.15) is 19.7 Å². The van der Waals surface area contributed by atoms with Crippen molar-refractivity contribution in [2.24, 2.45) is 0 Å². The van der Waals surface area contributed by atoms with Crippen LogP contribution >= 0.6 is 0 Å². The molecule has 0 bridgehead atoms. The van der Waals surface area contributed by atoms with Crippen LogP contribution < -0.4 is 10.4 Å². The number of rotatable bonds is 0. The van der Waals surface area contributed by atoms with E-state index in [9.17, 15) is 8.78 Å². The van der Waals surface area contributed by atoms with E-state index in [1.54, 1.807) is 6.07 Å². The van der Waals surface area contributed by atoms with Gasteiger partial charge in [-0.3, -0.25) is 0 Å². The highest BCUT2D eigenvalue weighted by Gasteiger charge is 2.38. The summed E-state index contributed by atoms with van der Waals surface area (Å²) in [5.41, 5.74) is 1.36. The molecule has 0 radical (unpaired) electrons. The van der Waals surface area contributed by atoms with E-state index in [-0.39, 0.29) is 11.6 Å². The first-order chi connectivity index (χ1) is 8.01. The molecule has 0 atom stereocenters. The Balaban J connectivity index is 2.44. The van der Waals surface area contributed by atoms with Crippen LogP contribution in [-0.4, -0.2) is 8.07 Å². The number of fused-ring (bicyclic) bond motifs is 3. The minimum Gasteiger partial charge on any atom is -0.207 e. The molecule has 0 aromatic heterocycles. The lowest BCUT2D eigenvalue weighted by molar-refractivity contribution is 0.626. The van der Waals surface area contributed by atoms with Crippen LogP contribution in [-0.2, 0) is 0 Å². The molecule has 0 spiro atoms. The normalized spacial score (nSPS) is 15.5. The minimum atomic E-state index is -1.84. The maximum Gasteiger partial charge on any atom is 0.130 e. The monoisotopic (exact) mass is 246 g/mol. The molecule has 17 heavy (non-hydrogen) atoms. The van der Waals surface area contributed by atoms with Crippen molar-refractivity contribution in [1.29, 1.82) is 0 Å². The molecule has 0 N–H and O–H groups in total. The van der Waals surface area contributed by atoms with Crippen molar-refractivity contribution in [2.75, 3.05) is 0 Å². The zero-order chi connectivity index (χ0) is 12.2. The fourth-order valence-corrected chi connectivity index (χ4v) is 5.78. The van der Waals surface area contributed by atoms with Crippen molar-refractivity contribution < 1.29 is 8.78 Å². The number of benzene rings is 2. The zero-order valence-corrected chi connectivity index (χ0v) is 10.7. The van der Waals surface area contributed by atoms with Crippen LogP contribution in [0.4, 0.5) is 8.78 Å². The second kappa shape index (κ2) is 3.26. The lowest BCUT2D eigenvalue weighted by Gasteiger charge is -2.18. The van der Waals surface area contributed by atoms with Gasteiger partial charge in [0, 0.05) is 5.56 Å². The SMILES string of the molecule is C[Si]1(C)c2ccc(F)cc2-c2c(F)cccc21. The van der Waals surface area contributed by atoms with Crippen LogP contribution in [0.3, 0.4) is 0 Å². The molecule has 1 heterocycles. The Labute approximate surface area is 99.9 Å². The molecule has 0 amide bonds. The van der Waals surface area contributed by atoms with Crippen LogP contribution in [0.5, 0.6) is 0 Å². The van der Waals surface area contributed by atoms with Gasteiger partial charge in [0.05, 0.1) is 0 Å². The molecule has 0 saturated heterocycles. The van der Waals surface area contributed by atoms with Crippen molar-refractivity contribution >= 4 is 18.4 Å². The Hall–Kier alpha value is -1.48. The summed E-state index contributed by atoms with van der Waals surface area (Å²) in [7, 11) is -1.84. The van der Waals surface area contributed by atoms with Gasteiger partial charge in [0.2, 0.25) is 0 Å². The van der Waals surface area contributed by atoms with Crippen molar-refractivity contribution in [3.63, 3.8) is 0 Å². The summed E-state index contributed by atoms with van der Waals surface area (Å²) in [6, 6.07) is 9.91. The summed E-state index contributed by atoms with van der Waals surface area (Å²) in [5, 5.41) is 2.19. The van der Waals surface area contributed by atoms with E-state index in [1.165, 1.54) is 18.2 Å². The minimum absolute atomic E-state index is 0.243. The van der Waals surface area contributed by atoms with E-state index in [2.05, 4.69) is 13.1 Å². The van der Waals surface area contributed by atoms with Crippen molar-refractivity contribution in [3.8, 4) is 11.1 Å². The molecule has 1 aliphatic heterocycles. The molecule has 0 saturated carbocycles. The Morgan fingerprint density at radius 3 is 2.47 bits per heavy atom. The largest absolute Gasteiger partial charge is 0.207 e. The van der Waals surface area contributed by atoms with Crippen LogP contribution in [0, 0.1) is 11.6 Å².